The molecular formula is C12H22O6. The molecule has 106 valence electrons. The number of carbonyl (C=O) groups excluding carboxylic acids is 2. The number of esters is 2. The predicted molar refractivity (Wildman–Crippen MR) is 63.7 cm³/mol. The molecule has 0 spiro atoms. The molecule has 0 aliphatic rings. The second-order valence-electron chi connectivity index (χ2n) is 4.26. The van der Waals surface area contributed by atoms with Crippen LogP contribution in [0.25, 0.3) is 0 Å². The average Bonchev–Trinajstić information content (AvgIpc) is 2.27. The van der Waals surface area contributed by atoms with E-state index in [1.165, 1.54) is 13.8 Å². The molecule has 0 radical (unpaired) electrons. The van der Waals surface area contributed by atoms with Crippen molar-refractivity contribution in [2.45, 2.75) is 58.3 Å². The van der Waals surface area contributed by atoms with Crippen molar-refractivity contribution in [3.8, 4) is 0 Å². The normalized spacial score (nSPS) is 15.6. The molecule has 6 nitrogen and oxygen atoms in total. The summed E-state index contributed by atoms with van der Waals surface area (Å²) in [6, 6.07) is 0. The lowest BCUT2D eigenvalue weighted by molar-refractivity contribution is -0.157. The monoisotopic (exact) mass is 262 g/mol. The Bertz CT molecular complexity index is 261. The van der Waals surface area contributed by atoms with Crippen molar-refractivity contribution < 1.29 is 29.3 Å². The topological polar surface area (TPSA) is 93.1 Å². The maximum atomic E-state index is 11.0. The van der Waals surface area contributed by atoms with Crippen LogP contribution in [0.5, 0.6) is 0 Å². The van der Waals surface area contributed by atoms with Crippen molar-refractivity contribution in [3.05, 3.63) is 0 Å². The lowest BCUT2D eigenvalue weighted by atomic mass is 10.2. The third-order valence-corrected chi connectivity index (χ3v) is 2.25. The summed E-state index contributed by atoms with van der Waals surface area (Å²) in [5.41, 5.74) is 0. The number of hydrogen-bond donors (Lipinski definition) is 2. The van der Waals surface area contributed by atoms with E-state index in [0.717, 1.165) is 6.42 Å². The molecule has 0 aliphatic carbocycles. The fourth-order valence-corrected chi connectivity index (χ4v) is 1.18. The van der Waals surface area contributed by atoms with Gasteiger partial charge in [-0.15, -0.1) is 0 Å². The average molecular weight is 262 g/mol. The number of aliphatic hydroxyl groups is 2. The van der Waals surface area contributed by atoms with Crippen LogP contribution >= 0.6 is 0 Å². The zero-order chi connectivity index (χ0) is 14.1. The van der Waals surface area contributed by atoms with Gasteiger partial charge in [0, 0.05) is 0 Å². The number of aliphatic hydroxyl groups excluding tert-OH is 2. The lowest BCUT2D eigenvalue weighted by Crippen LogP contribution is -2.24. The van der Waals surface area contributed by atoms with Crippen LogP contribution in [0.15, 0.2) is 0 Å². The minimum atomic E-state index is -1.11. The van der Waals surface area contributed by atoms with E-state index in [1.807, 2.05) is 0 Å². The van der Waals surface area contributed by atoms with E-state index in [2.05, 4.69) is 0 Å². The Morgan fingerprint density at radius 1 is 1.00 bits per heavy atom. The SMILES string of the molecule is CC(CCCCOC(=O)C(C)O)OC(=O)C(C)O. The molecule has 0 saturated carbocycles. The van der Waals surface area contributed by atoms with Crippen LogP contribution in [0.3, 0.4) is 0 Å². The first-order valence-corrected chi connectivity index (χ1v) is 6.07. The van der Waals surface area contributed by atoms with Gasteiger partial charge in [-0.05, 0) is 40.0 Å². The first kappa shape index (κ1) is 16.9. The van der Waals surface area contributed by atoms with Gasteiger partial charge >= 0.3 is 11.9 Å². The summed E-state index contributed by atoms with van der Waals surface area (Å²) in [4.78, 5) is 21.9. The van der Waals surface area contributed by atoms with Crippen molar-refractivity contribution in [2.24, 2.45) is 0 Å². The number of hydrogen-bond acceptors (Lipinski definition) is 6. The minimum absolute atomic E-state index is 0.237. The molecule has 0 saturated heterocycles. The zero-order valence-electron chi connectivity index (χ0n) is 11.1. The van der Waals surface area contributed by atoms with Gasteiger partial charge in [-0.25, -0.2) is 9.59 Å². The summed E-state index contributed by atoms with van der Waals surface area (Å²) < 4.78 is 9.71. The van der Waals surface area contributed by atoms with Crippen molar-refractivity contribution in [3.63, 3.8) is 0 Å². The smallest absolute Gasteiger partial charge is 0.334 e. The summed E-state index contributed by atoms with van der Waals surface area (Å²) in [5, 5.41) is 17.8. The molecule has 0 heterocycles. The van der Waals surface area contributed by atoms with Gasteiger partial charge in [0.05, 0.1) is 12.7 Å². The van der Waals surface area contributed by atoms with E-state index >= 15 is 0 Å². The van der Waals surface area contributed by atoms with Crippen LogP contribution in [0.2, 0.25) is 0 Å². The quantitative estimate of drug-likeness (QED) is 0.485. The zero-order valence-corrected chi connectivity index (χ0v) is 11.1. The highest BCUT2D eigenvalue weighted by Crippen LogP contribution is 2.06. The van der Waals surface area contributed by atoms with E-state index < -0.39 is 24.1 Å². The van der Waals surface area contributed by atoms with Crippen LogP contribution in [0, 0.1) is 0 Å². The molecule has 0 aromatic heterocycles. The highest BCUT2D eigenvalue weighted by Gasteiger charge is 2.14. The lowest BCUT2D eigenvalue weighted by Gasteiger charge is -2.14. The Kier molecular flexibility index (Phi) is 8.32. The van der Waals surface area contributed by atoms with Gasteiger partial charge in [-0.2, -0.15) is 0 Å². The highest BCUT2D eigenvalue weighted by molar-refractivity contribution is 5.74. The largest absolute Gasteiger partial charge is 0.464 e. The Morgan fingerprint density at radius 2 is 1.56 bits per heavy atom. The minimum Gasteiger partial charge on any atom is -0.464 e. The van der Waals surface area contributed by atoms with Gasteiger partial charge < -0.3 is 19.7 Å². The van der Waals surface area contributed by atoms with E-state index in [-0.39, 0.29) is 12.7 Å². The third kappa shape index (κ3) is 8.03. The standard InChI is InChI=1S/C12H22O6/c1-8(18-12(16)10(3)14)6-4-5-7-17-11(15)9(2)13/h8-10,13-14H,4-7H2,1-3H3. The molecular weight excluding hydrogens is 240 g/mol. The van der Waals surface area contributed by atoms with E-state index in [0.29, 0.717) is 12.8 Å². The Labute approximate surface area is 107 Å². The Morgan fingerprint density at radius 3 is 2.06 bits per heavy atom. The third-order valence-electron chi connectivity index (χ3n) is 2.25. The van der Waals surface area contributed by atoms with Crippen molar-refractivity contribution >= 4 is 11.9 Å². The van der Waals surface area contributed by atoms with Crippen LogP contribution < -0.4 is 0 Å². The predicted octanol–water partition coefficient (Wildman–Crippen LogP) is 0.393. The number of rotatable bonds is 8. The van der Waals surface area contributed by atoms with Gasteiger partial charge in [0.15, 0.2) is 0 Å². The fraction of sp³-hybridized carbons (Fsp3) is 0.833. The molecule has 3 unspecified atom stereocenters. The van der Waals surface area contributed by atoms with E-state index in [4.69, 9.17) is 19.7 Å². The van der Waals surface area contributed by atoms with E-state index in [9.17, 15) is 9.59 Å². The highest BCUT2D eigenvalue weighted by atomic mass is 16.6. The van der Waals surface area contributed by atoms with Crippen LogP contribution in [0.4, 0.5) is 0 Å². The molecule has 6 heteroatoms. The molecule has 0 amide bonds. The summed E-state index contributed by atoms with van der Waals surface area (Å²) in [6.45, 7) is 4.67. The number of ether oxygens (including phenoxy) is 2. The molecule has 0 aliphatic heterocycles. The Balaban J connectivity index is 3.55. The van der Waals surface area contributed by atoms with Gasteiger partial charge in [-0.1, -0.05) is 0 Å². The number of unbranched alkanes of at least 4 members (excludes halogenated alkanes) is 1. The second-order valence-corrected chi connectivity index (χ2v) is 4.26. The van der Waals surface area contributed by atoms with Gasteiger partial charge in [0.1, 0.15) is 12.2 Å². The molecule has 2 N–H and O–H groups in total. The van der Waals surface area contributed by atoms with Crippen molar-refractivity contribution in [1.29, 1.82) is 0 Å². The first-order valence-electron chi connectivity index (χ1n) is 6.07. The van der Waals surface area contributed by atoms with Crippen LogP contribution in [-0.2, 0) is 19.1 Å². The molecule has 0 aromatic carbocycles. The molecule has 3 atom stereocenters. The van der Waals surface area contributed by atoms with Crippen molar-refractivity contribution in [2.75, 3.05) is 6.61 Å². The second kappa shape index (κ2) is 8.88. The van der Waals surface area contributed by atoms with Gasteiger partial charge in [-0.3, -0.25) is 0 Å². The van der Waals surface area contributed by atoms with Gasteiger partial charge in [0.25, 0.3) is 0 Å². The van der Waals surface area contributed by atoms with Gasteiger partial charge in [0.2, 0.25) is 0 Å². The Hall–Kier alpha value is -1.14. The maximum Gasteiger partial charge on any atom is 0.334 e. The fourth-order valence-electron chi connectivity index (χ4n) is 1.18. The first-order chi connectivity index (χ1) is 8.34. The van der Waals surface area contributed by atoms with Crippen LogP contribution in [0.1, 0.15) is 40.0 Å². The summed E-state index contributed by atoms with van der Waals surface area (Å²) in [5.74, 6) is -1.27. The van der Waals surface area contributed by atoms with E-state index in [1.54, 1.807) is 6.92 Å². The molecule has 0 aromatic rings. The molecule has 18 heavy (non-hydrogen) atoms. The van der Waals surface area contributed by atoms with Crippen LogP contribution in [-0.4, -0.2) is 47.1 Å². The summed E-state index contributed by atoms with van der Waals surface area (Å²) in [7, 11) is 0. The molecule has 0 rings (SSSR count). The number of carbonyl (C=O) groups is 2. The molecule has 0 bridgehead atoms. The summed E-state index contributed by atoms with van der Waals surface area (Å²) >= 11 is 0. The maximum absolute atomic E-state index is 11.0. The van der Waals surface area contributed by atoms with Crippen molar-refractivity contribution in [1.82, 2.24) is 0 Å². The summed E-state index contributed by atoms with van der Waals surface area (Å²) in [6.07, 6.45) is -0.504. The molecule has 0 fully saturated rings.